The summed E-state index contributed by atoms with van der Waals surface area (Å²) in [7, 11) is -3.07. The molecule has 1 N–H and O–H groups in total. The fourth-order valence-electron chi connectivity index (χ4n) is 4.95. The predicted molar refractivity (Wildman–Crippen MR) is 127 cm³/mol. The molecule has 170 valence electrons. The third kappa shape index (κ3) is 4.20. The summed E-state index contributed by atoms with van der Waals surface area (Å²) in [6, 6.07) is 5.75. The number of nitrogens with one attached hydrogen (secondary N) is 1. The van der Waals surface area contributed by atoms with E-state index >= 15 is 0 Å². The first-order valence-corrected chi connectivity index (χ1v) is 14.1. The maximum atomic E-state index is 13.5. The Kier molecular flexibility index (Phi) is 5.79. The van der Waals surface area contributed by atoms with Gasteiger partial charge in [-0.2, -0.15) is 5.10 Å². The second-order valence-electron chi connectivity index (χ2n) is 8.98. The standard InChI is InChI=1S/C23H28N4O3S2/c1-15-21-18(23(28)24-16-7-4-2-3-5-8-16)13-19(20-9-6-11-31-20)25-22(21)27(26-15)17-10-12-32(29,30)14-17/h6,9,11,13,16-17H,2-5,7-8,10,12,14H2,1H3,(H,24,28). The maximum absolute atomic E-state index is 13.5. The first-order valence-electron chi connectivity index (χ1n) is 11.4. The minimum absolute atomic E-state index is 0.0672. The van der Waals surface area contributed by atoms with E-state index in [9.17, 15) is 13.2 Å². The lowest BCUT2D eigenvalue weighted by Gasteiger charge is -2.17. The zero-order valence-corrected chi connectivity index (χ0v) is 19.8. The third-order valence-electron chi connectivity index (χ3n) is 6.60. The molecule has 1 amide bonds. The minimum atomic E-state index is -3.07. The summed E-state index contributed by atoms with van der Waals surface area (Å²) in [5, 5.41) is 10.6. The van der Waals surface area contributed by atoms with Gasteiger partial charge in [-0.3, -0.25) is 4.79 Å². The molecule has 0 aromatic carbocycles. The smallest absolute Gasteiger partial charge is 0.252 e. The highest BCUT2D eigenvalue weighted by Gasteiger charge is 2.32. The van der Waals surface area contributed by atoms with Crippen molar-refractivity contribution >= 4 is 38.1 Å². The highest BCUT2D eigenvalue weighted by atomic mass is 32.2. The normalized spacial score (nSPS) is 21.6. The van der Waals surface area contributed by atoms with Gasteiger partial charge in [-0.15, -0.1) is 11.3 Å². The molecule has 2 fully saturated rings. The molecule has 3 aromatic rings. The second kappa shape index (κ2) is 8.59. The molecule has 5 rings (SSSR count). The number of nitrogens with zero attached hydrogens (tertiary/aromatic N) is 3. The predicted octanol–water partition coefficient (Wildman–Crippen LogP) is 4.28. The molecular formula is C23H28N4O3S2. The van der Waals surface area contributed by atoms with Gasteiger partial charge in [0.1, 0.15) is 0 Å². The number of rotatable bonds is 4. The summed E-state index contributed by atoms with van der Waals surface area (Å²) >= 11 is 1.57. The number of sulfone groups is 1. The Morgan fingerprint density at radius 1 is 1.19 bits per heavy atom. The Morgan fingerprint density at radius 3 is 2.62 bits per heavy atom. The number of aryl methyl sites for hydroxylation is 1. The van der Waals surface area contributed by atoms with Gasteiger partial charge in [-0.1, -0.05) is 31.7 Å². The highest BCUT2D eigenvalue weighted by Crippen LogP contribution is 2.33. The lowest BCUT2D eigenvalue weighted by Crippen LogP contribution is -2.34. The van der Waals surface area contributed by atoms with Crippen molar-refractivity contribution in [3.63, 3.8) is 0 Å². The molecule has 1 atom stereocenters. The zero-order valence-electron chi connectivity index (χ0n) is 18.2. The van der Waals surface area contributed by atoms with Crippen molar-refractivity contribution in [1.29, 1.82) is 0 Å². The summed E-state index contributed by atoms with van der Waals surface area (Å²) in [6.07, 6.45) is 7.28. The molecule has 0 bridgehead atoms. The number of pyridine rings is 1. The first-order chi connectivity index (χ1) is 15.4. The summed E-state index contributed by atoms with van der Waals surface area (Å²) in [5.41, 5.74) is 2.61. The van der Waals surface area contributed by atoms with E-state index in [2.05, 4.69) is 10.4 Å². The summed E-state index contributed by atoms with van der Waals surface area (Å²) in [5.74, 6) is 0.138. The Balaban J connectivity index is 1.60. The van der Waals surface area contributed by atoms with Crippen LogP contribution in [0, 0.1) is 6.92 Å². The van der Waals surface area contributed by atoms with E-state index in [0.717, 1.165) is 41.6 Å². The molecular weight excluding hydrogens is 444 g/mol. The Labute approximate surface area is 192 Å². The van der Waals surface area contributed by atoms with Crippen LogP contribution in [0.4, 0.5) is 0 Å². The van der Waals surface area contributed by atoms with Crippen molar-refractivity contribution in [3.8, 4) is 10.6 Å². The van der Waals surface area contributed by atoms with Gasteiger partial charge in [0.25, 0.3) is 5.91 Å². The Bertz CT molecular complexity index is 1240. The van der Waals surface area contributed by atoms with E-state index in [1.165, 1.54) is 12.8 Å². The van der Waals surface area contributed by atoms with Crippen LogP contribution in [0.15, 0.2) is 23.6 Å². The van der Waals surface area contributed by atoms with Gasteiger partial charge in [0.15, 0.2) is 15.5 Å². The van der Waals surface area contributed by atoms with E-state index in [0.29, 0.717) is 23.3 Å². The molecule has 1 saturated carbocycles. The largest absolute Gasteiger partial charge is 0.349 e. The number of amides is 1. The average Bonchev–Trinajstić information content (AvgIpc) is 3.44. The van der Waals surface area contributed by atoms with Crippen molar-refractivity contribution in [2.45, 2.75) is 64.0 Å². The number of hydrogen-bond donors (Lipinski definition) is 1. The van der Waals surface area contributed by atoms with Crippen LogP contribution in [0.1, 0.15) is 67.0 Å². The third-order valence-corrected chi connectivity index (χ3v) is 9.24. The van der Waals surface area contributed by atoms with Crippen LogP contribution in [0.25, 0.3) is 21.6 Å². The number of aromatic nitrogens is 3. The van der Waals surface area contributed by atoms with Crippen molar-refractivity contribution in [3.05, 3.63) is 34.8 Å². The molecule has 1 aliphatic carbocycles. The van der Waals surface area contributed by atoms with Crippen molar-refractivity contribution in [1.82, 2.24) is 20.1 Å². The fourth-order valence-corrected chi connectivity index (χ4v) is 7.33. The van der Waals surface area contributed by atoms with Crippen LogP contribution in [0.3, 0.4) is 0 Å². The molecule has 1 saturated heterocycles. The van der Waals surface area contributed by atoms with Crippen LogP contribution in [0.2, 0.25) is 0 Å². The van der Waals surface area contributed by atoms with Gasteiger partial charge >= 0.3 is 0 Å². The minimum Gasteiger partial charge on any atom is -0.349 e. The lowest BCUT2D eigenvalue weighted by atomic mass is 10.1. The molecule has 4 heterocycles. The number of fused-ring (bicyclic) bond motifs is 1. The lowest BCUT2D eigenvalue weighted by molar-refractivity contribution is 0.0935. The van der Waals surface area contributed by atoms with Gasteiger partial charge < -0.3 is 5.32 Å². The quantitative estimate of drug-likeness (QED) is 0.572. The van der Waals surface area contributed by atoms with E-state index < -0.39 is 9.84 Å². The first kappa shape index (κ1) is 21.6. The molecule has 7 nitrogen and oxygen atoms in total. The summed E-state index contributed by atoms with van der Waals surface area (Å²) in [6.45, 7) is 1.87. The van der Waals surface area contributed by atoms with Crippen molar-refractivity contribution < 1.29 is 13.2 Å². The molecule has 2 aliphatic rings. The zero-order chi connectivity index (χ0) is 22.3. The average molecular weight is 473 g/mol. The number of carbonyl (C=O) groups excluding carboxylic acids is 1. The number of carbonyl (C=O) groups is 1. The fraction of sp³-hybridized carbons (Fsp3) is 0.522. The highest BCUT2D eigenvalue weighted by molar-refractivity contribution is 7.91. The Hall–Kier alpha value is -2.26. The van der Waals surface area contributed by atoms with Crippen molar-refractivity contribution in [2.75, 3.05) is 11.5 Å². The van der Waals surface area contributed by atoms with Gasteiger partial charge in [0.2, 0.25) is 0 Å². The van der Waals surface area contributed by atoms with Crippen LogP contribution < -0.4 is 5.32 Å². The topological polar surface area (TPSA) is 93.9 Å². The van der Waals surface area contributed by atoms with Gasteiger partial charge in [-0.05, 0) is 43.7 Å². The van der Waals surface area contributed by atoms with Crippen LogP contribution in [-0.2, 0) is 9.84 Å². The van der Waals surface area contributed by atoms with E-state index in [-0.39, 0.29) is 29.5 Å². The van der Waals surface area contributed by atoms with E-state index in [1.54, 1.807) is 16.0 Å². The SMILES string of the molecule is Cc1nn(C2CCS(=O)(=O)C2)c2nc(-c3cccs3)cc(C(=O)NC3CCCCCC3)c12. The maximum Gasteiger partial charge on any atom is 0.252 e. The van der Waals surface area contributed by atoms with Gasteiger partial charge in [-0.25, -0.2) is 18.1 Å². The second-order valence-corrected chi connectivity index (χ2v) is 12.2. The van der Waals surface area contributed by atoms with Crippen LogP contribution in [0.5, 0.6) is 0 Å². The van der Waals surface area contributed by atoms with E-state index in [4.69, 9.17) is 4.98 Å². The molecule has 0 radical (unpaired) electrons. The van der Waals surface area contributed by atoms with Gasteiger partial charge in [0.05, 0.1) is 44.8 Å². The summed E-state index contributed by atoms with van der Waals surface area (Å²) in [4.78, 5) is 19.3. The Morgan fingerprint density at radius 2 is 1.97 bits per heavy atom. The molecule has 1 aliphatic heterocycles. The van der Waals surface area contributed by atoms with Crippen LogP contribution >= 0.6 is 11.3 Å². The molecule has 3 aromatic heterocycles. The molecule has 9 heteroatoms. The molecule has 0 spiro atoms. The number of thiophene rings is 1. The molecule has 1 unspecified atom stereocenters. The van der Waals surface area contributed by atoms with Gasteiger partial charge in [0, 0.05) is 6.04 Å². The monoisotopic (exact) mass is 472 g/mol. The van der Waals surface area contributed by atoms with Crippen molar-refractivity contribution in [2.24, 2.45) is 0 Å². The summed E-state index contributed by atoms with van der Waals surface area (Å²) < 4.78 is 26.0. The number of hydrogen-bond acceptors (Lipinski definition) is 6. The van der Waals surface area contributed by atoms with Crippen LogP contribution in [-0.4, -0.2) is 46.6 Å². The van der Waals surface area contributed by atoms with E-state index in [1.807, 2.05) is 30.5 Å². The molecule has 32 heavy (non-hydrogen) atoms.